The van der Waals surface area contributed by atoms with Gasteiger partial charge in [0.2, 0.25) is 11.8 Å². The second-order valence-corrected chi connectivity index (χ2v) is 7.04. The van der Waals surface area contributed by atoms with E-state index in [1.165, 1.54) is 4.90 Å². The molecule has 3 atom stereocenters. The maximum absolute atomic E-state index is 12.3. The van der Waals surface area contributed by atoms with Crippen molar-refractivity contribution in [2.24, 2.45) is 23.2 Å². The number of amides is 2. The van der Waals surface area contributed by atoms with E-state index in [0.29, 0.717) is 6.42 Å². The topological polar surface area (TPSA) is 86.7 Å². The van der Waals surface area contributed by atoms with Crippen LogP contribution in [0.25, 0.3) is 0 Å². The lowest BCUT2D eigenvalue weighted by molar-refractivity contribution is -0.140. The minimum absolute atomic E-state index is 0.164. The van der Waals surface area contributed by atoms with Crippen molar-refractivity contribution in [3.8, 4) is 0 Å². The molecule has 2 amide bonds. The van der Waals surface area contributed by atoms with Gasteiger partial charge in [-0.1, -0.05) is 27.7 Å². The zero-order valence-electron chi connectivity index (χ0n) is 13.6. The Morgan fingerprint density at radius 1 is 1.19 bits per heavy atom. The summed E-state index contributed by atoms with van der Waals surface area (Å²) in [7, 11) is 3.28. The molecule has 0 saturated heterocycles. The van der Waals surface area contributed by atoms with Crippen LogP contribution < -0.4 is 5.32 Å². The average molecular weight is 298 g/mol. The Balaban J connectivity index is 2.78. The molecular weight excluding hydrogens is 272 g/mol. The lowest BCUT2D eigenvalue weighted by Crippen LogP contribution is -2.47. The second-order valence-electron chi connectivity index (χ2n) is 7.04. The van der Waals surface area contributed by atoms with E-state index in [-0.39, 0.29) is 17.7 Å². The van der Waals surface area contributed by atoms with Gasteiger partial charge in [0, 0.05) is 14.1 Å². The molecule has 0 heterocycles. The van der Waals surface area contributed by atoms with Crippen molar-refractivity contribution in [2.75, 3.05) is 14.1 Å². The summed E-state index contributed by atoms with van der Waals surface area (Å²) < 4.78 is 0. The van der Waals surface area contributed by atoms with E-state index < -0.39 is 29.3 Å². The largest absolute Gasteiger partial charge is 0.481 e. The monoisotopic (exact) mass is 298 g/mol. The minimum atomic E-state index is -0.959. The van der Waals surface area contributed by atoms with Gasteiger partial charge in [0.05, 0.1) is 11.8 Å². The predicted octanol–water partition coefficient (Wildman–Crippen LogP) is 0.962. The molecule has 120 valence electrons. The minimum Gasteiger partial charge on any atom is -0.481 e. The van der Waals surface area contributed by atoms with Gasteiger partial charge in [0.1, 0.15) is 6.04 Å². The number of hydrogen-bond acceptors (Lipinski definition) is 3. The van der Waals surface area contributed by atoms with Gasteiger partial charge in [-0.3, -0.25) is 14.4 Å². The summed E-state index contributed by atoms with van der Waals surface area (Å²) in [6.07, 6.45) is 0.535. The van der Waals surface area contributed by atoms with Gasteiger partial charge in [-0.15, -0.1) is 0 Å². The number of carboxylic acid groups (broad SMARTS) is 1. The van der Waals surface area contributed by atoms with Crippen molar-refractivity contribution in [1.82, 2.24) is 10.2 Å². The molecule has 1 fully saturated rings. The number of hydrogen-bond donors (Lipinski definition) is 2. The molecule has 1 unspecified atom stereocenters. The normalized spacial score (nSPS) is 24.3. The molecule has 1 aliphatic carbocycles. The predicted molar refractivity (Wildman–Crippen MR) is 78.5 cm³/mol. The standard InChI is InChI=1S/C15H26N2O4/c1-8(2)7-9(13(19)17(5)6)16-12(18)10-11(14(20)21)15(10,3)4/h8-11H,7H2,1-6H3,(H,16,18)(H,20,21)/t9?,10-,11+/m1/s1. The van der Waals surface area contributed by atoms with Crippen LogP contribution in [0.1, 0.15) is 34.1 Å². The highest BCUT2D eigenvalue weighted by Gasteiger charge is 2.66. The van der Waals surface area contributed by atoms with Gasteiger partial charge in [-0.05, 0) is 17.8 Å². The Morgan fingerprint density at radius 2 is 1.71 bits per heavy atom. The van der Waals surface area contributed by atoms with Crippen LogP contribution in [0.3, 0.4) is 0 Å². The molecule has 1 rings (SSSR count). The molecule has 0 aliphatic heterocycles. The summed E-state index contributed by atoms with van der Waals surface area (Å²) in [5.41, 5.74) is -0.556. The Labute approximate surface area is 125 Å². The maximum Gasteiger partial charge on any atom is 0.307 e. The van der Waals surface area contributed by atoms with Gasteiger partial charge in [-0.25, -0.2) is 0 Å². The molecule has 0 aromatic rings. The highest BCUT2D eigenvalue weighted by Crippen LogP contribution is 2.58. The summed E-state index contributed by atoms with van der Waals surface area (Å²) in [5.74, 6) is -2.46. The Hall–Kier alpha value is -1.59. The highest BCUT2D eigenvalue weighted by atomic mass is 16.4. The third kappa shape index (κ3) is 3.74. The third-order valence-electron chi connectivity index (χ3n) is 4.14. The lowest BCUT2D eigenvalue weighted by Gasteiger charge is -2.23. The Kier molecular flexibility index (Phi) is 5.02. The van der Waals surface area contributed by atoms with Gasteiger partial charge in [-0.2, -0.15) is 0 Å². The molecular formula is C15H26N2O4. The van der Waals surface area contributed by atoms with E-state index in [0.717, 1.165) is 0 Å². The zero-order chi connectivity index (χ0) is 16.5. The van der Waals surface area contributed by atoms with E-state index in [9.17, 15) is 14.4 Å². The van der Waals surface area contributed by atoms with E-state index >= 15 is 0 Å². The van der Waals surface area contributed by atoms with Gasteiger partial charge < -0.3 is 15.3 Å². The van der Waals surface area contributed by atoms with Crippen molar-refractivity contribution in [3.63, 3.8) is 0 Å². The average Bonchev–Trinajstić information content (AvgIpc) is 2.90. The fourth-order valence-corrected chi connectivity index (χ4v) is 2.85. The number of nitrogens with one attached hydrogen (secondary N) is 1. The summed E-state index contributed by atoms with van der Waals surface area (Å²) in [6.45, 7) is 7.48. The highest BCUT2D eigenvalue weighted by molar-refractivity contribution is 5.94. The van der Waals surface area contributed by atoms with Crippen LogP contribution >= 0.6 is 0 Å². The van der Waals surface area contributed by atoms with Crippen LogP contribution in [0.2, 0.25) is 0 Å². The van der Waals surface area contributed by atoms with Crippen molar-refractivity contribution in [1.29, 1.82) is 0 Å². The van der Waals surface area contributed by atoms with E-state index in [1.54, 1.807) is 27.9 Å². The van der Waals surface area contributed by atoms with Crippen LogP contribution in [-0.4, -0.2) is 47.9 Å². The molecule has 0 aromatic heterocycles. The summed E-state index contributed by atoms with van der Waals surface area (Å²) in [6, 6.07) is -0.599. The Morgan fingerprint density at radius 3 is 2.05 bits per heavy atom. The van der Waals surface area contributed by atoms with Crippen LogP contribution in [0.5, 0.6) is 0 Å². The molecule has 0 spiro atoms. The van der Waals surface area contributed by atoms with Crippen molar-refractivity contribution in [2.45, 2.75) is 40.2 Å². The van der Waals surface area contributed by atoms with Crippen LogP contribution in [0, 0.1) is 23.2 Å². The van der Waals surface area contributed by atoms with Gasteiger partial charge >= 0.3 is 5.97 Å². The molecule has 0 radical (unpaired) electrons. The van der Waals surface area contributed by atoms with Crippen molar-refractivity contribution in [3.05, 3.63) is 0 Å². The van der Waals surface area contributed by atoms with E-state index in [1.807, 2.05) is 13.8 Å². The first kappa shape index (κ1) is 17.5. The number of carbonyl (C=O) groups is 3. The number of rotatable bonds is 6. The number of aliphatic carboxylic acids is 1. The maximum atomic E-state index is 12.3. The first-order valence-corrected chi connectivity index (χ1v) is 7.24. The molecule has 6 heteroatoms. The first-order chi connectivity index (χ1) is 9.50. The van der Waals surface area contributed by atoms with E-state index in [2.05, 4.69) is 5.32 Å². The molecule has 1 saturated carbocycles. The molecule has 2 N–H and O–H groups in total. The molecule has 1 aliphatic rings. The number of likely N-dealkylation sites (N-methyl/N-ethyl adjacent to an activating group) is 1. The first-order valence-electron chi connectivity index (χ1n) is 7.24. The zero-order valence-corrected chi connectivity index (χ0v) is 13.6. The van der Waals surface area contributed by atoms with Crippen molar-refractivity contribution >= 4 is 17.8 Å². The van der Waals surface area contributed by atoms with E-state index in [4.69, 9.17) is 5.11 Å². The third-order valence-corrected chi connectivity index (χ3v) is 4.14. The molecule has 21 heavy (non-hydrogen) atoms. The van der Waals surface area contributed by atoms with Crippen LogP contribution in [0.4, 0.5) is 0 Å². The summed E-state index contributed by atoms with van der Waals surface area (Å²) in [5, 5.41) is 11.9. The molecule has 6 nitrogen and oxygen atoms in total. The summed E-state index contributed by atoms with van der Waals surface area (Å²) in [4.78, 5) is 37.0. The number of carbonyl (C=O) groups excluding carboxylic acids is 2. The fourth-order valence-electron chi connectivity index (χ4n) is 2.85. The lowest BCUT2D eigenvalue weighted by atomic mass is 10.0. The van der Waals surface area contributed by atoms with Crippen LogP contribution in [-0.2, 0) is 14.4 Å². The van der Waals surface area contributed by atoms with Gasteiger partial charge in [0.15, 0.2) is 0 Å². The Bertz CT molecular complexity index is 443. The summed E-state index contributed by atoms with van der Waals surface area (Å²) >= 11 is 0. The van der Waals surface area contributed by atoms with Gasteiger partial charge in [0.25, 0.3) is 0 Å². The second kappa shape index (κ2) is 6.03. The molecule has 0 bridgehead atoms. The quantitative estimate of drug-likeness (QED) is 0.765. The number of nitrogens with zero attached hydrogens (tertiary/aromatic N) is 1. The SMILES string of the molecule is CC(C)CC(NC(=O)[C@H]1[C@@H](C(=O)O)C1(C)C)C(=O)N(C)C. The molecule has 0 aromatic carbocycles. The smallest absolute Gasteiger partial charge is 0.307 e. The van der Waals surface area contributed by atoms with Crippen molar-refractivity contribution < 1.29 is 19.5 Å². The number of carboxylic acids is 1. The van der Waals surface area contributed by atoms with Crippen LogP contribution in [0.15, 0.2) is 0 Å². The fraction of sp³-hybridized carbons (Fsp3) is 0.800.